The molecule has 0 radical (unpaired) electrons. The van der Waals surface area contributed by atoms with Crippen LogP contribution in [0.4, 0.5) is 4.79 Å². The molecule has 0 aliphatic carbocycles. The number of imide groups is 1. The van der Waals surface area contributed by atoms with Gasteiger partial charge in [-0.15, -0.1) is 0 Å². The van der Waals surface area contributed by atoms with Gasteiger partial charge in [-0.1, -0.05) is 54.6 Å². The standard InChI is InChI=1S/C20H25N3O2/c1-4-21-20(25)22-19(24)18(16-11-6-5-7-12-16)23(3)14-17-13-9-8-10-15(17)2/h5-13,18H,4,14H2,1-3H3,(H2,21,22,24,25)/p+1/t18-/m0/s1. The minimum absolute atomic E-state index is 0.303. The van der Waals surface area contributed by atoms with Gasteiger partial charge in [-0.05, 0) is 19.4 Å². The number of urea groups is 1. The highest BCUT2D eigenvalue weighted by atomic mass is 16.2. The summed E-state index contributed by atoms with van der Waals surface area (Å²) < 4.78 is 0. The topological polar surface area (TPSA) is 62.6 Å². The van der Waals surface area contributed by atoms with Gasteiger partial charge >= 0.3 is 6.03 Å². The lowest BCUT2D eigenvalue weighted by molar-refractivity contribution is -0.916. The molecular weight excluding hydrogens is 314 g/mol. The molecule has 25 heavy (non-hydrogen) atoms. The van der Waals surface area contributed by atoms with Crippen molar-refractivity contribution in [2.24, 2.45) is 0 Å². The number of hydrogen-bond acceptors (Lipinski definition) is 2. The molecule has 0 saturated carbocycles. The molecule has 2 rings (SSSR count). The highest BCUT2D eigenvalue weighted by Crippen LogP contribution is 2.11. The molecule has 2 aromatic carbocycles. The Hall–Kier alpha value is -2.66. The van der Waals surface area contributed by atoms with Gasteiger partial charge in [0.25, 0.3) is 5.91 Å². The monoisotopic (exact) mass is 340 g/mol. The Balaban J connectivity index is 2.23. The van der Waals surface area contributed by atoms with E-state index in [4.69, 9.17) is 0 Å². The summed E-state index contributed by atoms with van der Waals surface area (Å²) in [7, 11) is 1.97. The molecular formula is C20H26N3O2+. The zero-order valence-corrected chi connectivity index (χ0v) is 15.0. The van der Waals surface area contributed by atoms with Gasteiger partial charge in [0.2, 0.25) is 0 Å². The smallest absolute Gasteiger partial charge is 0.321 e. The van der Waals surface area contributed by atoms with E-state index >= 15 is 0 Å². The Morgan fingerprint density at radius 2 is 1.68 bits per heavy atom. The number of amides is 3. The molecule has 2 aromatic rings. The van der Waals surface area contributed by atoms with Crippen LogP contribution >= 0.6 is 0 Å². The molecule has 2 atom stereocenters. The summed E-state index contributed by atoms with van der Waals surface area (Å²) in [4.78, 5) is 25.5. The lowest BCUT2D eigenvalue weighted by Crippen LogP contribution is -3.09. The fraction of sp³-hybridized carbons (Fsp3) is 0.300. The summed E-state index contributed by atoms with van der Waals surface area (Å²) in [5.74, 6) is -0.303. The SMILES string of the molecule is CCNC(=O)NC(=O)[C@H](c1ccccc1)[NH+](C)Cc1ccccc1C. The van der Waals surface area contributed by atoms with Gasteiger partial charge in [0.05, 0.1) is 7.05 Å². The van der Waals surface area contributed by atoms with Gasteiger partial charge in [-0.3, -0.25) is 10.1 Å². The average molecular weight is 340 g/mol. The Bertz CT molecular complexity index is 716. The van der Waals surface area contributed by atoms with Crippen molar-refractivity contribution < 1.29 is 14.5 Å². The number of carbonyl (C=O) groups excluding carboxylic acids is 2. The first-order valence-electron chi connectivity index (χ1n) is 8.53. The summed E-state index contributed by atoms with van der Waals surface area (Å²) in [6.45, 7) is 5.04. The normalized spacial score (nSPS) is 12.9. The van der Waals surface area contributed by atoms with Gasteiger partial charge in [-0.25, -0.2) is 4.79 Å². The molecule has 3 N–H and O–H groups in total. The van der Waals surface area contributed by atoms with Crippen LogP contribution in [0.1, 0.15) is 29.7 Å². The van der Waals surface area contributed by atoms with E-state index in [0.29, 0.717) is 13.1 Å². The number of benzene rings is 2. The maximum Gasteiger partial charge on any atom is 0.321 e. The van der Waals surface area contributed by atoms with E-state index in [9.17, 15) is 9.59 Å². The average Bonchev–Trinajstić information content (AvgIpc) is 2.58. The fourth-order valence-electron chi connectivity index (χ4n) is 2.90. The van der Waals surface area contributed by atoms with Gasteiger partial charge < -0.3 is 10.2 Å². The van der Waals surface area contributed by atoms with Crippen molar-refractivity contribution in [3.63, 3.8) is 0 Å². The predicted octanol–water partition coefficient (Wildman–Crippen LogP) is 1.60. The largest absolute Gasteiger partial charge is 0.338 e. The van der Waals surface area contributed by atoms with Crippen LogP contribution in [0.15, 0.2) is 54.6 Å². The summed E-state index contributed by atoms with van der Waals surface area (Å²) in [5.41, 5.74) is 3.26. The van der Waals surface area contributed by atoms with Gasteiger partial charge in [0.1, 0.15) is 6.54 Å². The van der Waals surface area contributed by atoms with E-state index in [2.05, 4.69) is 29.7 Å². The van der Waals surface area contributed by atoms with E-state index in [1.165, 1.54) is 11.1 Å². The molecule has 0 saturated heterocycles. The number of aryl methyl sites for hydroxylation is 1. The highest BCUT2D eigenvalue weighted by molar-refractivity contribution is 5.96. The number of likely N-dealkylation sites (N-methyl/N-ethyl adjacent to an activating group) is 1. The number of quaternary nitrogens is 1. The molecule has 3 amide bonds. The summed E-state index contributed by atoms with van der Waals surface area (Å²) in [6, 6.07) is 16.8. The summed E-state index contributed by atoms with van der Waals surface area (Å²) >= 11 is 0. The molecule has 0 spiro atoms. The third-order valence-corrected chi connectivity index (χ3v) is 4.19. The first-order valence-corrected chi connectivity index (χ1v) is 8.53. The minimum atomic E-state index is -0.469. The van der Waals surface area contributed by atoms with Crippen LogP contribution in [0.2, 0.25) is 0 Å². The maximum atomic E-state index is 12.8. The molecule has 0 aliphatic rings. The summed E-state index contributed by atoms with van der Waals surface area (Å²) in [5, 5.41) is 5.05. The second kappa shape index (κ2) is 8.99. The zero-order chi connectivity index (χ0) is 18.2. The van der Waals surface area contributed by atoms with E-state index < -0.39 is 12.1 Å². The second-order valence-electron chi connectivity index (χ2n) is 6.14. The molecule has 5 heteroatoms. The van der Waals surface area contributed by atoms with Gasteiger partial charge in [0, 0.05) is 17.7 Å². The molecule has 1 unspecified atom stereocenters. The second-order valence-corrected chi connectivity index (χ2v) is 6.14. The zero-order valence-electron chi connectivity index (χ0n) is 15.0. The molecule has 0 bridgehead atoms. The van der Waals surface area contributed by atoms with Crippen molar-refractivity contribution in [2.75, 3.05) is 13.6 Å². The van der Waals surface area contributed by atoms with Gasteiger partial charge in [0.15, 0.2) is 6.04 Å². The van der Waals surface area contributed by atoms with Crippen LogP contribution in [-0.2, 0) is 11.3 Å². The number of nitrogens with one attached hydrogen (secondary N) is 3. The Morgan fingerprint density at radius 1 is 1.04 bits per heavy atom. The highest BCUT2D eigenvalue weighted by Gasteiger charge is 2.30. The van der Waals surface area contributed by atoms with Crippen LogP contribution in [-0.4, -0.2) is 25.5 Å². The minimum Gasteiger partial charge on any atom is -0.338 e. The first-order chi connectivity index (χ1) is 12.0. The lowest BCUT2D eigenvalue weighted by atomic mass is 10.0. The molecule has 132 valence electrons. The van der Waals surface area contributed by atoms with Crippen LogP contribution in [0, 0.1) is 6.92 Å². The van der Waals surface area contributed by atoms with Crippen LogP contribution < -0.4 is 15.5 Å². The van der Waals surface area contributed by atoms with Crippen molar-refractivity contribution >= 4 is 11.9 Å². The van der Waals surface area contributed by atoms with Crippen molar-refractivity contribution in [1.82, 2.24) is 10.6 Å². The molecule has 0 aromatic heterocycles. The van der Waals surface area contributed by atoms with Crippen LogP contribution in [0.3, 0.4) is 0 Å². The molecule has 0 heterocycles. The Labute approximate surface area is 149 Å². The first kappa shape index (κ1) is 18.7. The van der Waals surface area contributed by atoms with E-state index in [-0.39, 0.29) is 5.91 Å². The van der Waals surface area contributed by atoms with E-state index in [0.717, 1.165) is 10.5 Å². The fourth-order valence-corrected chi connectivity index (χ4v) is 2.90. The van der Waals surface area contributed by atoms with Crippen molar-refractivity contribution in [3.05, 3.63) is 71.3 Å². The van der Waals surface area contributed by atoms with E-state index in [1.807, 2.05) is 56.4 Å². The third kappa shape index (κ3) is 5.16. The predicted molar refractivity (Wildman–Crippen MR) is 98.2 cm³/mol. The lowest BCUT2D eigenvalue weighted by Gasteiger charge is -2.25. The van der Waals surface area contributed by atoms with Crippen molar-refractivity contribution in [2.45, 2.75) is 26.4 Å². The number of rotatable bonds is 6. The Kier molecular flexibility index (Phi) is 6.71. The molecule has 0 fully saturated rings. The quantitative estimate of drug-likeness (QED) is 0.748. The van der Waals surface area contributed by atoms with Crippen molar-refractivity contribution in [3.8, 4) is 0 Å². The Morgan fingerprint density at radius 3 is 2.32 bits per heavy atom. The van der Waals surface area contributed by atoms with Crippen LogP contribution in [0.25, 0.3) is 0 Å². The van der Waals surface area contributed by atoms with Crippen LogP contribution in [0.5, 0.6) is 0 Å². The van der Waals surface area contributed by atoms with E-state index in [1.54, 1.807) is 0 Å². The third-order valence-electron chi connectivity index (χ3n) is 4.19. The number of carbonyl (C=O) groups is 2. The summed E-state index contributed by atoms with van der Waals surface area (Å²) in [6.07, 6.45) is 0. The maximum absolute atomic E-state index is 12.8. The van der Waals surface area contributed by atoms with Crippen molar-refractivity contribution in [1.29, 1.82) is 0 Å². The molecule has 5 nitrogen and oxygen atoms in total. The number of hydrogen-bond donors (Lipinski definition) is 3. The molecule has 0 aliphatic heterocycles. The van der Waals surface area contributed by atoms with Gasteiger partial charge in [-0.2, -0.15) is 0 Å².